The van der Waals surface area contributed by atoms with Crippen LogP contribution in [0.15, 0.2) is 30.3 Å². The van der Waals surface area contributed by atoms with Crippen molar-refractivity contribution in [3.05, 3.63) is 35.9 Å². The molecular formula is C17H26N2O2S. The van der Waals surface area contributed by atoms with E-state index in [1.807, 2.05) is 56.1 Å². The normalized spacial score (nSPS) is 20.8. The Morgan fingerprint density at radius 1 is 1.45 bits per heavy atom. The van der Waals surface area contributed by atoms with E-state index in [9.17, 15) is 9.90 Å². The summed E-state index contributed by atoms with van der Waals surface area (Å²) >= 11 is 1.94. The first-order valence-corrected chi connectivity index (χ1v) is 9.01. The molecule has 1 heterocycles. The van der Waals surface area contributed by atoms with Crippen LogP contribution >= 0.6 is 11.8 Å². The number of likely N-dealkylation sites (N-methyl/N-ethyl adjacent to an activating group) is 1. The fourth-order valence-corrected chi connectivity index (χ4v) is 3.95. The van der Waals surface area contributed by atoms with Gasteiger partial charge in [-0.25, -0.2) is 0 Å². The summed E-state index contributed by atoms with van der Waals surface area (Å²) in [5.74, 6) is 2.28. The Kier molecular flexibility index (Phi) is 6.73. The lowest BCUT2D eigenvalue weighted by Gasteiger charge is -2.25. The molecule has 4 nitrogen and oxygen atoms in total. The maximum absolute atomic E-state index is 12.1. The molecule has 2 rings (SSSR count). The summed E-state index contributed by atoms with van der Waals surface area (Å²) in [4.78, 5) is 14.2. The van der Waals surface area contributed by atoms with Gasteiger partial charge in [-0.3, -0.25) is 9.69 Å². The number of aliphatic hydroxyl groups is 1. The van der Waals surface area contributed by atoms with E-state index in [0.717, 1.165) is 17.7 Å². The number of carbonyl (C=O) groups is 1. The van der Waals surface area contributed by atoms with Gasteiger partial charge in [0.15, 0.2) is 0 Å². The Bertz CT molecular complexity index is 463. The van der Waals surface area contributed by atoms with Gasteiger partial charge in [0.05, 0.1) is 18.7 Å². The highest BCUT2D eigenvalue weighted by atomic mass is 32.2. The SMILES string of the molecule is CC(NC(=O)CN(C)C1CCSC1)C(O)Cc1ccccc1. The summed E-state index contributed by atoms with van der Waals surface area (Å²) in [6.45, 7) is 2.25. The minimum Gasteiger partial charge on any atom is -0.391 e. The fourth-order valence-electron chi connectivity index (χ4n) is 2.65. The van der Waals surface area contributed by atoms with E-state index in [-0.39, 0.29) is 11.9 Å². The predicted molar refractivity (Wildman–Crippen MR) is 92.1 cm³/mol. The number of hydrogen-bond donors (Lipinski definition) is 2. The molecule has 0 spiro atoms. The number of benzene rings is 1. The van der Waals surface area contributed by atoms with Crippen LogP contribution in [0.3, 0.4) is 0 Å². The number of amides is 1. The van der Waals surface area contributed by atoms with Crippen molar-refractivity contribution in [2.24, 2.45) is 0 Å². The zero-order chi connectivity index (χ0) is 15.9. The average molecular weight is 322 g/mol. The minimum atomic E-state index is -0.571. The molecule has 1 saturated heterocycles. The molecule has 1 fully saturated rings. The summed E-state index contributed by atoms with van der Waals surface area (Å²) in [7, 11) is 2.00. The second-order valence-electron chi connectivity index (χ2n) is 6.05. The monoisotopic (exact) mass is 322 g/mol. The van der Waals surface area contributed by atoms with Gasteiger partial charge in [0.25, 0.3) is 0 Å². The maximum Gasteiger partial charge on any atom is 0.234 e. The third kappa shape index (κ3) is 5.30. The number of nitrogens with one attached hydrogen (secondary N) is 1. The van der Waals surface area contributed by atoms with Crippen molar-refractivity contribution >= 4 is 17.7 Å². The van der Waals surface area contributed by atoms with Crippen molar-refractivity contribution in [2.75, 3.05) is 25.1 Å². The Morgan fingerprint density at radius 2 is 2.18 bits per heavy atom. The van der Waals surface area contributed by atoms with E-state index < -0.39 is 6.10 Å². The molecule has 1 amide bonds. The molecule has 1 aliphatic heterocycles. The van der Waals surface area contributed by atoms with Gasteiger partial charge in [-0.15, -0.1) is 0 Å². The molecule has 1 aromatic carbocycles. The van der Waals surface area contributed by atoms with Crippen LogP contribution in [0.25, 0.3) is 0 Å². The van der Waals surface area contributed by atoms with E-state index in [2.05, 4.69) is 10.2 Å². The van der Waals surface area contributed by atoms with E-state index in [4.69, 9.17) is 0 Å². The van der Waals surface area contributed by atoms with Crippen molar-refractivity contribution < 1.29 is 9.90 Å². The lowest BCUT2D eigenvalue weighted by atomic mass is 10.0. The van der Waals surface area contributed by atoms with Crippen LogP contribution in [0.5, 0.6) is 0 Å². The predicted octanol–water partition coefficient (Wildman–Crippen LogP) is 1.53. The second-order valence-corrected chi connectivity index (χ2v) is 7.20. The van der Waals surface area contributed by atoms with E-state index in [1.165, 1.54) is 5.75 Å². The second kappa shape index (κ2) is 8.56. The molecule has 1 aromatic rings. The number of rotatable bonds is 7. The van der Waals surface area contributed by atoms with Crippen LogP contribution in [0.4, 0.5) is 0 Å². The van der Waals surface area contributed by atoms with Gasteiger partial charge in [-0.2, -0.15) is 11.8 Å². The van der Waals surface area contributed by atoms with E-state index in [1.54, 1.807) is 0 Å². The third-order valence-electron chi connectivity index (χ3n) is 4.18. The first-order chi connectivity index (χ1) is 10.6. The van der Waals surface area contributed by atoms with Gasteiger partial charge < -0.3 is 10.4 Å². The molecule has 0 aliphatic carbocycles. The highest BCUT2D eigenvalue weighted by molar-refractivity contribution is 7.99. The van der Waals surface area contributed by atoms with Crippen LogP contribution < -0.4 is 5.32 Å². The summed E-state index contributed by atoms with van der Waals surface area (Å²) in [5.41, 5.74) is 1.08. The van der Waals surface area contributed by atoms with Crippen LogP contribution in [-0.4, -0.2) is 59.2 Å². The molecule has 2 N–H and O–H groups in total. The zero-order valence-corrected chi connectivity index (χ0v) is 14.2. The molecule has 3 atom stereocenters. The van der Waals surface area contributed by atoms with Gasteiger partial charge in [0.1, 0.15) is 0 Å². The van der Waals surface area contributed by atoms with Gasteiger partial charge in [-0.05, 0) is 31.7 Å². The quantitative estimate of drug-likeness (QED) is 0.799. The molecule has 5 heteroatoms. The largest absolute Gasteiger partial charge is 0.391 e. The molecule has 0 saturated carbocycles. The van der Waals surface area contributed by atoms with Crippen molar-refractivity contribution in [1.29, 1.82) is 0 Å². The van der Waals surface area contributed by atoms with E-state index >= 15 is 0 Å². The fraction of sp³-hybridized carbons (Fsp3) is 0.588. The first-order valence-electron chi connectivity index (χ1n) is 7.85. The molecule has 1 aliphatic rings. The topological polar surface area (TPSA) is 52.6 Å². The summed E-state index contributed by atoms with van der Waals surface area (Å²) in [6, 6.07) is 10.1. The van der Waals surface area contributed by atoms with Crippen LogP contribution in [0.2, 0.25) is 0 Å². The molecule has 122 valence electrons. The Balaban J connectivity index is 1.75. The number of hydrogen-bond acceptors (Lipinski definition) is 4. The Hall–Kier alpha value is -1.04. The number of carbonyl (C=O) groups excluding carboxylic acids is 1. The van der Waals surface area contributed by atoms with Crippen LogP contribution in [0.1, 0.15) is 18.9 Å². The summed E-state index contributed by atoms with van der Waals surface area (Å²) < 4.78 is 0. The molecule has 22 heavy (non-hydrogen) atoms. The lowest BCUT2D eigenvalue weighted by Crippen LogP contribution is -2.47. The van der Waals surface area contributed by atoms with Crippen LogP contribution in [0, 0.1) is 0 Å². The van der Waals surface area contributed by atoms with Gasteiger partial charge in [0, 0.05) is 18.2 Å². The highest BCUT2D eigenvalue weighted by Gasteiger charge is 2.23. The number of thioether (sulfide) groups is 1. The Labute approximate surface area is 137 Å². The van der Waals surface area contributed by atoms with Crippen molar-refractivity contribution in [3.8, 4) is 0 Å². The van der Waals surface area contributed by atoms with Crippen molar-refractivity contribution in [1.82, 2.24) is 10.2 Å². The smallest absolute Gasteiger partial charge is 0.234 e. The van der Waals surface area contributed by atoms with Crippen LogP contribution in [-0.2, 0) is 11.2 Å². The molecule has 0 aromatic heterocycles. The maximum atomic E-state index is 12.1. The molecule has 0 bridgehead atoms. The minimum absolute atomic E-state index is 0.0148. The van der Waals surface area contributed by atoms with Gasteiger partial charge >= 0.3 is 0 Å². The van der Waals surface area contributed by atoms with Gasteiger partial charge in [0.2, 0.25) is 5.91 Å². The average Bonchev–Trinajstić information content (AvgIpc) is 3.02. The van der Waals surface area contributed by atoms with E-state index in [0.29, 0.717) is 19.0 Å². The van der Waals surface area contributed by atoms with Crippen molar-refractivity contribution in [2.45, 2.75) is 38.0 Å². The molecule has 3 unspecified atom stereocenters. The number of nitrogens with zero attached hydrogens (tertiary/aromatic N) is 1. The zero-order valence-electron chi connectivity index (χ0n) is 13.4. The highest BCUT2D eigenvalue weighted by Crippen LogP contribution is 2.20. The summed E-state index contributed by atoms with van der Waals surface area (Å²) in [6.07, 6.45) is 1.14. The Morgan fingerprint density at radius 3 is 2.82 bits per heavy atom. The standard InChI is InChI=1S/C17H26N2O2S/c1-13(16(20)10-14-6-4-3-5-7-14)18-17(21)11-19(2)15-8-9-22-12-15/h3-7,13,15-16,20H,8-12H2,1-2H3,(H,18,21). The van der Waals surface area contributed by atoms with Crippen molar-refractivity contribution in [3.63, 3.8) is 0 Å². The number of aliphatic hydroxyl groups excluding tert-OH is 1. The molecule has 0 radical (unpaired) electrons. The summed E-state index contributed by atoms with van der Waals surface area (Å²) in [5, 5.41) is 13.2. The third-order valence-corrected chi connectivity index (χ3v) is 5.32. The molecular weight excluding hydrogens is 296 g/mol. The first kappa shape index (κ1) is 17.3. The van der Waals surface area contributed by atoms with Gasteiger partial charge in [-0.1, -0.05) is 30.3 Å². The lowest BCUT2D eigenvalue weighted by molar-refractivity contribution is -0.123.